The number of hydrogen-bond acceptors (Lipinski definition) is 2. The first-order valence-corrected chi connectivity index (χ1v) is 9.27. The number of carbonyl (C=O) groups excluding carboxylic acids is 2. The third kappa shape index (κ3) is 6.07. The van der Waals surface area contributed by atoms with Gasteiger partial charge in [-0.3, -0.25) is 9.59 Å². The number of hydrogen-bond donors (Lipinski definition) is 1. The quantitative estimate of drug-likeness (QED) is 0.772. The van der Waals surface area contributed by atoms with Gasteiger partial charge in [0.15, 0.2) is 0 Å². The molecule has 1 atom stereocenters. The normalized spacial score (nSPS) is 12.6. The topological polar surface area (TPSA) is 49.4 Å². The average Bonchev–Trinajstić information content (AvgIpc) is 2.64. The highest BCUT2D eigenvalue weighted by molar-refractivity contribution is 5.97. The molecule has 0 heterocycles. The van der Waals surface area contributed by atoms with Crippen molar-refractivity contribution in [2.24, 2.45) is 5.92 Å². The van der Waals surface area contributed by atoms with Crippen LogP contribution < -0.4 is 5.32 Å². The van der Waals surface area contributed by atoms with Gasteiger partial charge in [-0.25, -0.2) is 0 Å². The van der Waals surface area contributed by atoms with Gasteiger partial charge in [0.05, 0.1) is 5.56 Å². The summed E-state index contributed by atoms with van der Waals surface area (Å²) in [6.07, 6.45) is -4.40. The highest BCUT2D eigenvalue weighted by atomic mass is 19.4. The molecule has 2 aromatic rings. The third-order valence-electron chi connectivity index (χ3n) is 4.58. The molecule has 2 amide bonds. The fraction of sp³-hybridized carbons (Fsp3) is 0.364. The van der Waals surface area contributed by atoms with E-state index in [1.807, 2.05) is 26.8 Å². The number of nitrogens with zero attached hydrogens (tertiary/aromatic N) is 1. The smallest absolute Gasteiger partial charge is 0.340 e. The monoisotopic (exact) mass is 406 g/mol. The lowest BCUT2D eigenvalue weighted by atomic mass is 10.0. The number of benzene rings is 2. The van der Waals surface area contributed by atoms with E-state index >= 15 is 0 Å². The van der Waals surface area contributed by atoms with E-state index in [2.05, 4.69) is 5.32 Å². The standard InChI is InChI=1S/C22H25F3N2O2/c1-14(2)19(26-20(28)17-7-5-6-15(3)12-17)21(29)27(4)13-16-8-10-18(11-9-16)22(23,24)25/h5-12,14,19H,13H2,1-4H3,(H,26,28). The Morgan fingerprint density at radius 3 is 2.21 bits per heavy atom. The first kappa shape index (κ1) is 22.5. The summed E-state index contributed by atoms with van der Waals surface area (Å²) in [5, 5.41) is 2.78. The van der Waals surface area contributed by atoms with Crippen molar-refractivity contribution in [1.82, 2.24) is 10.2 Å². The van der Waals surface area contributed by atoms with Crippen LogP contribution in [-0.4, -0.2) is 29.8 Å². The summed E-state index contributed by atoms with van der Waals surface area (Å²) in [5.41, 5.74) is 1.24. The minimum Gasteiger partial charge on any atom is -0.340 e. The lowest BCUT2D eigenvalue weighted by Gasteiger charge is -2.27. The second kappa shape index (κ2) is 9.11. The molecular formula is C22H25F3N2O2. The van der Waals surface area contributed by atoms with Gasteiger partial charge in [0.2, 0.25) is 5.91 Å². The van der Waals surface area contributed by atoms with Crippen molar-refractivity contribution in [1.29, 1.82) is 0 Å². The molecule has 0 saturated heterocycles. The Hall–Kier alpha value is -2.83. The number of carbonyl (C=O) groups is 2. The molecule has 0 aliphatic rings. The number of amides is 2. The maximum absolute atomic E-state index is 12.9. The first-order chi connectivity index (χ1) is 13.5. The molecule has 0 aliphatic heterocycles. The zero-order valence-corrected chi connectivity index (χ0v) is 16.9. The van der Waals surface area contributed by atoms with E-state index in [1.54, 1.807) is 25.2 Å². The van der Waals surface area contributed by atoms with E-state index in [0.29, 0.717) is 11.1 Å². The lowest BCUT2D eigenvalue weighted by molar-refractivity contribution is -0.137. The number of nitrogens with one attached hydrogen (secondary N) is 1. The summed E-state index contributed by atoms with van der Waals surface area (Å²) in [5.74, 6) is -0.809. The molecule has 4 nitrogen and oxygen atoms in total. The molecule has 156 valence electrons. The second-order valence-corrected chi connectivity index (χ2v) is 7.45. The van der Waals surface area contributed by atoms with Crippen LogP contribution in [0, 0.1) is 12.8 Å². The van der Waals surface area contributed by atoms with Crippen LogP contribution in [0.5, 0.6) is 0 Å². The summed E-state index contributed by atoms with van der Waals surface area (Å²) >= 11 is 0. The van der Waals surface area contributed by atoms with E-state index in [4.69, 9.17) is 0 Å². The Morgan fingerprint density at radius 1 is 1.07 bits per heavy atom. The zero-order valence-electron chi connectivity index (χ0n) is 16.9. The fourth-order valence-electron chi connectivity index (χ4n) is 2.91. The molecular weight excluding hydrogens is 381 g/mol. The van der Waals surface area contributed by atoms with Gasteiger partial charge in [-0.05, 0) is 42.7 Å². The first-order valence-electron chi connectivity index (χ1n) is 9.27. The minimum absolute atomic E-state index is 0.139. The van der Waals surface area contributed by atoms with Crippen molar-refractivity contribution in [2.75, 3.05) is 7.05 Å². The number of rotatable bonds is 6. The SMILES string of the molecule is Cc1cccc(C(=O)NC(C(=O)N(C)Cc2ccc(C(F)(F)F)cc2)C(C)C)c1. The molecule has 29 heavy (non-hydrogen) atoms. The van der Waals surface area contributed by atoms with Gasteiger partial charge in [-0.1, -0.05) is 43.7 Å². The second-order valence-electron chi connectivity index (χ2n) is 7.45. The molecule has 0 radical (unpaired) electrons. The summed E-state index contributed by atoms with van der Waals surface area (Å²) in [6.45, 7) is 5.66. The van der Waals surface area contributed by atoms with Crippen molar-refractivity contribution in [3.63, 3.8) is 0 Å². The minimum atomic E-state index is -4.40. The molecule has 0 fully saturated rings. The molecule has 1 unspecified atom stereocenters. The van der Waals surface area contributed by atoms with E-state index in [0.717, 1.165) is 17.7 Å². The van der Waals surface area contributed by atoms with Gasteiger partial charge in [0.1, 0.15) is 6.04 Å². The molecule has 2 rings (SSSR count). The van der Waals surface area contributed by atoms with Crippen molar-refractivity contribution >= 4 is 11.8 Å². The predicted molar refractivity (Wildman–Crippen MR) is 105 cm³/mol. The van der Waals surface area contributed by atoms with Crippen molar-refractivity contribution in [3.8, 4) is 0 Å². The van der Waals surface area contributed by atoms with Crippen LogP contribution in [0.2, 0.25) is 0 Å². The maximum atomic E-state index is 12.9. The van der Waals surface area contributed by atoms with Crippen LogP contribution in [0.1, 0.15) is 40.9 Å². The van der Waals surface area contributed by atoms with Crippen molar-refractivity contribution in [3.05, 3.63) is 70.8 Å². The Bertz CT molecular complexity index is 861. The van der Waals surface area contributed by atoms with Crippen LogP contribution in [0.25, 0.3) is 0 Å². The molecule has 0 spiro atoms. The highest BCUT2D eigenvalue weighted by Crippen LogP contribution is 2.29. The van der Waals surface area contributed by atoms with Crippen LogP contribution >= 0.6 is 0 Å². The molecule has 0 aromatic heterocycles. The third-order valence-corrected chi connectivity index (χ3v) is 4.58. The number of likely N-dealkylation sites (N-methyl/N-ethyl adjacent to an activating group) is 1. The Kier molecular flexibility index (Phi) is 7.06. The molecule has 1 N–H and O–H groups in total. The summed E-state index contributed by atoms with van der Waals surface area (Å²) in [7, 11) is 1.56. The summed E-state index contributed by atoms with van der Waals surface area (Å²) in [6, 6.07) is 11.0. The molecule has 0 aliphatic carbocycles. The number of aryl methyl sites for hydroxylation is 1. The van der Waals surface area contributed by atoms with Crippen molar-refractivity contribution < 1.29 is 22.8 Å². The lowest BCUT2D eigenvalue weighted by Crippen LogP contribution is -2.50. The Labute approximate surface area is 168 Å². The van der Waals surface area contributed by atoms with E-state index in [1.165, 1.54) is 17.0 Å². The van der Waals surface area contributed by atoms with Gasteiger partial charge in [-0.15, -0.1) is 0 Å². The van der Waals surface area contributed by atoms with Crippen LogP contribution in [-0.2, 0) is 17.5 Å². The van der Waals surface area contributed by atoms with Crippen LogP contribution in [0.3, 0.4) is 0 Å². The number of halogens is 3. The fourth-order valence-corrected chi connectivity index (χ4v) is 2.91. The largest absolute Gasteiger partial charge is 0.416 e. The Morgan fingerprint density at radius 2 is 1.69 bits per heavy atom. The van der Waals surface area contributed by atoms with Gasteiger partial charge in [-0.2, -0.15) is 13.2 Å². The predicted octanol–water partition coefficient (Wildman–Crippen LogP) is 4.43. The maximum Gasteiger partial charge on any atom is 0.416 e. The Balaban J connectivity index is 2.08. The van der Waals surface area contributed by atoms with Gasteiger partial charge >= 0.3 is 6.18 Å². The molecule has 2 aromatic carbocycles. The van der Waals surface area contributed by atoms with Crippen molar-refractivity contribution in [2.45, 2.75) is 39.5 Å². The highest BCUT2D eigenvalue weighted by Gasteiger charge is 2.30. The average molecular weight is 406 g/mol. The number of alkyl halides is 3. The van der Waals surface area contributed by atoms with Gasteiger partial charge < -0.3 is 10.2 Å². The van der Waals surface area contributed by atoms with Crippen LogP contribution in [0.4, 0.5) is 13.2 Å². The molecule has 7 heteroatoms. The zero-order chi connectivity index (χ0) is 21.8. The molecule has 0 bridgehead atoms. The van der Waals surface area contributed by atoms with Gasteiger partial charge in [0, 0.05) is 19.2 Å². The molecule has 0 saturated carbocycles. The summed E-state index contributed by atoms with van der Waals surface area (Å²) in [4.78, 5) is 26.8. The van der Waals surface area contributed by atoms with E-state index in [9.17, 15) is 22.8 Å². The van der Waals surface area contributed by atoms with Gasteiger partial charge in [0.25, 0.3) is 5.91 Å². The van der Waals surface area contributed by atoms with Crippen LogP contribution in [0.15, 0.2) is 48.5 Å². The van der Waals surface area contributed by atoms with E-state index in [-0.39, 0.29) is 24.3 Å². The van der Waals surface area contributed by atoms with E-state index < -0.39 is 17.8 Å². The summed E-state index contributed by atoms with van der Waals surface area (Å²) < 4.78 is 38.1.